The standard InChI is InChI=1S/C26H44O3.O3S/c1-5-18(27)7-6-16(2)20-8-9-21-24-22(11-13-26(20,21)4)25(3)12-10-19(28)14-17(25)15-23(24)29;1-4(2)3/h16-17,19-24,28-29H,5-15H2,1-4H3;/t16-,17+,19-,20-,21+,22+,23-,24+,25+,26-;/m1./s1. The lowest BCUT2D eigenvalue weighted by molar-refractivity contribution is -0.174. The molecule has 0 spiro atoms. The highest BCUT2D eigenvalue weighted by Gasteiger charge is 2.62. The topological polar surface area (TPSA) is 109 Å². The Morgan fingerprint density at radius 2 is 1.58 bits per heavy atom. The summed E-state index contributed by atoms with van der Waals surface area (Å²) in [6.07, 6.45) is 11.0. The van der Waals surface area contributed by atoms with Crippen LogP contribution in [0.15, 0.2) is 0 Å². The Balaban J connectivity index is 0.000000709. The molecule has 0 amide bonds. The first-order valence-corrected chi connectivity index (χ1v) is 14.1. The van der Waals surface area contributed by atoms with Crippen molar-refractivity contribution in [3.8, 4) is 0 Å². The van der Waals surface area contributed by atoms with E-state index in [-0.39, 0.29) is 12.2 Å². The van der Waals surface area contributed by atoms with Crippen LogP contribution in [0.1, 0.15) is 98.3 Å². The number of fused-ring (bicyclic) bond motifs is 5. The number of rotatable bonds is 5. The summed E-state index contributed by atoms with van der Waals surface area (Å²) in [5.41, 5.74) is 0.635. The molecule has 0 aromatic heterocycles. The van der Waals surface area contributed by atoms with Crippen LogP contribution in [-0.4, -0.2) is 40.8 Å². The van der Waals surface area contributed by atoms with Gasteiger partial charge < -0.3 is 10.2 Å². The largest absolute Gasteiger partial charge is 0.425 e. The van der Waals surface area contributed by atoms with Gasteiger partial charge in [-0.1, -0.05) is 27.7 Å². The average Bonchev–Trinajstić information content (AvgIpc) is 3.10. The quantitative estimate of drug-likeness (QED) is 0.600. The number of ketones is 1. The Hall–Kier alpha value is -0.790. The molecule has 0 saturated heterocycles. The fourth-order valence-corrected chi connectivity index (χ4v) is 8.94. The van der Waals surface area contributed by atoms with E-state index in [9.17, 15) is 15.0 Å². The summed E-state index contributed by atoms with van der Waals surface area (Å²) in [6, 6.07) is 0. The minimum absolute atomic E-state index is 0.159. The van der Waals surface area contributed by atoms with Crippen molar-refractivity contribution in [3.05, 3.63) is 0 Å². The molecule has 10 atom stereocenters. The maximum Gasteiger partial charge on any atom is 0.425 e. The van der Waals surface area contributed by atoms with E-state index in [2.05, 4.69) is 20.8 Å². The van der Waals surface area contributed by atoms with Gasteiger partial charge in [0.1, 0.15) is 5.78 Å². The van der Waals surface area contributed by atoms with Crippen molar-refractivity contribution in [2.75, 3.05) is 0 Å². The summed E-state index contributed by atoms with van der Waals surface area (Å²) in [5.74, 6) is 3.90. The third-order valence-corrected chi connectivity index (χ3v) is 10.7. The van der Waals surface area contributed by atoms with E-state index < -0.39 is 10.6 Å². The Morgan fingerprint density at radius 3 is 2.21 bits per heavy atom. The predicted molar refractivity (Wildman–Crippen MR) is 126 cm³/mol. The molecular formula is C26H44O6S. The van der Waals surface area contributed by atoms with Crippen LogP contribution in [0.3, 0.4) is 0 Å². The summed E-state index contributed by atoms with van der Waals surface area (Å²) >= 11 is 0. The molecule has 0 bridgehead atoms. The molecule has 0 aromatic rings. The van der Waals surface area contributed by atoms with E-state index in [4.69, 9.17) is 12.6 Å². The second-order valence-electron chi connectivity index (χ2n) is 12.1. The molecule has 0 aliphatic heterocycles. The third kappa shape index (κ3) is 5.25. The van der Waals surface area contributed by atoms with Gasteiger partial charge in [-0.2, -0.15) is 0 Å². The lowest BCUT2D eigenvalue weighted by atomic mass is 9.43. The Bertz CT molecular complexity index is 805. The summed E-state index contributed by atoms with van der Waals surface area (Å²) in [7, 11) is -3.11. The van der Waals surface area contributed by atoms with Crippen molar-refractivity contribution in [1.29, 1.82) is 0 Å². The van der Waals surface area contributed by atoms with E-state index in [1.807, 2.05) is 6.92 Å². The summed E-state index contributed by atoms with van der Waals surface area (Å²) in [4.78, 5) is 11.9. The zero-order valence-corrected chi connectivity index (χ0v) is 21.6. The fourth-order valence-electron chi connectivity index (χ4n) is 8.94. The van der Waals surface area contributed by atoms with Crippen molar-refractivity contribution in [2.45, 2.75) is 111 Å². The molecule has 190 valence electrons. The summed E-state index contributed by atoms with van der Waals surface area (Å²) < 4.78 is 25.3. The summed E-state index contributed by atoms with van der Waals surface area (Å²) in [5, 5.41) is 21.5. The van der Waals surface area contributed by atoms with Gasteiger partial charge in [-0.15, -0.1) is 12.6 Å². The van der Waals surface area contributed by atoms with Crippen molar-refractivity contribution >= 4 is 16.4 Å². The predicted octanol–water partition coefficient (Wildman–Crippen LogP) is 4.37. The maximum atomic E-state index is 11.9. The van der Waals surface area contributed by atoms with Gasteiger partial charge in [-0.05, 0) is 104 Å². The molecule has 4 fully saturated rings. The Labute approximate surface area is 201 Å². The van der Waals surface area contributed by atoms with Crippen molar-refractivity contribution < 1.29 is 27.6 Å². The molecule has 4 aliphatic carbocycles. The highest BCUT2D eigenvalue weighted by Crippen LogP contribution is 2.68. The molecule has 0 unspecified atom stereocenters. The number of hydrogen-bond acceptors (Lipinski definition) is 6. The highest BCUT2D eigenvalue weighted by atomic mass is 32.2. The van der Waals surface area contributed by atoms with Crippen molar-refractivity contribution in [1.82, 2.24) is 0 Å². The molecule has 4 saturated carbocycles. The first kappa shape index (κ1) is 26.8. The van der Waals surface area contributed by atoms with Crippen LogP contribution in [0.25, 0.3) is 0 Å². The van der Waals surface area contributed by atoms with Gasteiger partial charge in [0.15, 0.2) is 0 Å². The number of carbonyl (C=O) groups excluding carboxylic acids is 1. The molecule has 6 nitrogen and oxygen atoms in total. The van der Waals surface area contributed by atoms with Crippen LogP contribution in [0.4, 0.5) is 0 Å². The van der Waals surface area contributed by atoms with Gasteiger partial charge in [-0.3, -0.25) is 4.79 Å². The van der Waals surface area contributed by atoms with Gasteiger partial charge in [0, 0.05) is 12.8 Å². The van der Waals surface area contributed by atoms with Gasteiger partial charge in [0.25, 0.3) is 0 Å². The van der Waals surface area contributed by atoms with E-state index in [1.54, 1.807) is 0 Å². The second-order valence-corrected chi connectivity index (χ2v) is 12.5. The van der Waals surface area contributed by atoms with E-state index >= 15 is 0 Å². The van der Waals surface area contributed by atoms with Crippen LogP contribution >= 0.6 is 0 Å². The smallest absolute Gasteiger partial charge is 0.393 e. The van der Waals surface area contributed by atoms with Crippen LogP contribution in [-0.2, 0) is 15.4 Å². The number of carbonyl (C=O) groups is 1. The van der Waals surface area contributed by atoms with Gasteiger partial charge in [0.05, 0.1) is 12.2 Å². The van der Waals surface area contributed by atoms with E-state index in [0.29, 0.717) is 58.5 Å². The van der Waals surface area contributed by atoms with E-state index in [0.717, 1.165) is 38.5 Å². The molecule has 4 rings (SSSR count). The SMILES string of the molecule is CCC(=O)CC[C@@H](C)[C@H]1CC[C@H]2[C@@H]3[C@H](O)C[C@@H]4C[C@H](O)CC[C@]4(C)[C@H]3CC[C@]12C.O=S(=O)=O. The maximum absolute atomic E-state index is 11.9. The van der Waals surface area contributed by atoms with Gasteiger partial charge >= 0.3 is 10.6 Å². The Morgan fingerprint density at radius 1 is 0.970 bits per heavy atom. The monoisotopic (exact) mass is 484 g/mol. The zero-order chi connectivity index (χ0) is 24.6. The number of aliphatic hydroxyl groups excluding tert-OH is 2. The lowest BCUT2D eigenvalue weighted by Gasteiger charge is -2.62. The molecular weight excluding hydrogens is 440 g/mol. The van der Waals surface area contributed by atoms with Crippen LogP contribution < -0.4 is 0 Å². The van der Waals surface area contributed by atoms with Gasteiger partial charge in [-0.25, -0.2) is 0 Å². The highest BCUT2D eigenvalue weighted by molar-refractivity contribution is 7.59. The molecule has 0 radical (unpaired) electrons. The summed E-state index contributed by atoms with van der Waals surface area (Å²) in [6.45, 7) is 9.37. The Kier molecular flexibility index (Phi) is 8.49. The second kappa shape index (κ2) is 10.4. The number of hydrogen-bond donors (Lipinski definition) is 2. The number of aliphatic hydroxyl groups is 2. The minimum Gasteiger partial charge on any atom is -0.393 e. The molecule has 0 aromatic carbocycles. The molecule has 0 heterocycles. The lowest BCUT2D eigenvalue weighted by Crippen LogP contribution is -2.58. The molecule has 2 N–H and O–H groups in total. The van der Waals surface area contributed by atoms with Crippen LogP contribution in [0.2, 0.25) is 0 Å². The van der Waals surface area contributed by atoms with E-state index in [1.165, 1.54) is 25.7 Å². The molecule has 4 aliphatic rings. The normalized spacial score (nSPS) is 45.0. The minimum atomic E-state index is -3.11. The molecule has 33 heavy (non-hydrogen) atoms. The van der Waals surface area contributed by atoms with Crippen LogP contribution in [0.5, 0.6) is 0 Å². The van der Waals surface area contributed by atoms with Gasteiger partial charge in [0.2, 0.25) is 0 Å². The first-order valence-electron chi connectivity index (χ1n) is 13.1. The number of Topliss-reactive ketones (excluding diaryl/α,β-unsaturated/α-hetero) is 1. The van der Waals surface area contributed by atoms with Crippen molar-refractivity contribution in [2.24, 2.45) is 46.3 Å². The average molecular weight is 485 g/mol. The van der Waals surface area contributed by atoms with Crippen molar-refractivity contribution in [3.63, 3.8) is 0 Å². The zero-order valence-electron chi connectivity index (χ0n) is 20.8. The van der Waals surface area contributed by atoms with Crippen LogP contribution in [0, 0.1) is 46.3 Å². The first-order chi connectivity index (χ1) is 15.4. The fraction of sp³-hybridized carbons (Fsp3) is 0.962. The third-order valence-electron chi connectivity index (χ3n) is 10.7. The molecule has 7 heteroatoms.